The molecule has 0 spiro atoms. The van der Waals surface area contributed by atoms with Gasteiger partial charge in [0, 0.05) is 17.7 Å². The number of hydrogen-bond donors (Lipinski definition) is 1. The summed E-state index contributed by atoms with van der Waals surface area (Å²) in [6.07, 6.45) is 0.918. The lowest BCUT2D eigenvalue weighted by Crippen LogP contribution is -2.50. The Bertz CT molecular complexity index is 365. The Labute approximate surface area is 116 Å². The Morgan fingerprint density at radius 1 is 1.33 bits per heavy atom. The molecule has 0 saturated heterocycles. The lowest BCUT2D eigenvalue weighted by molar-refractivity contribution is -0.0376. The zero-order valence-corrected chi connectivity index (χ0v) is 12.6. The molecule has 0 saturated carbocycles. The van der Waals surface area contributed by atoms with Crippen molar-refractivity contribution in [3.05, 3.63) is 34.9 Å². The van der Waals surface area contributed by atoms with E-state index in [0.29, 0.717) is 0 Å². The SMILES string of the molecule is CCNC(Cc1cccc(Cl)c1)C(C)(C)OCC. The van der Waals surface area contributed by atoms with Crippen molar-refractivity contribution in [2.24, 2.45) is 0 Å². The minimum absolute atomic E-state index is 0.187. The molecule has 1 aromatic rings. The van der Waals surface area contributed by atoms with Gasteiger partial charge in [-0.1, -0.05) is 30.7 Å². The molecule has 1 rings (SSSR count). The topological polar surface area (TPSA) is 21.3 Å². The standard InChI is InChI=1S/C15H24ClNO/c1-5-17-14(15(3,4)18-6-2)11-12-8-7-9-13(16)10-12/h7-10,14,17H,5-6,11H2,1-4H3. The lowest BCUT2D eigenvalue weighted by Gasteiger charge is -2.35. The van der Waals surface area contributed by atoms with Gasteiger partial charge in [0.15, 0.2) is 0 Å². The summed E-state index contributed by atoms with van der Waals surface area (Å²) in [5, 5.41) is 4.30. The van der Waals surface area contributed by atoms with Crippen LogP contribution in [-0.2, 0) is 11.2 Å². The summed E-state index contributed by atoms with van der Waals surface area (Å²) in [5.41, 5.74) is 1.05. The van der Waals surface area contributed by atoms with E-state index in [4.69, 9.17) is 16.3 Å². The molecule has 1 aromatic carbocycles. The molecular weight excluding hydrogens is 246 g/mol. The quantitative estimate of drug-likeness (QED) is 0.815. The van der Waals surface area contributed by atoms with Crippen LogP contribution in [0.4, 0.5) is 0 Å². The third kappa shape index (κ3) is 4.60. The zero-order chi connectivity index (χ0) is 13.6. The van der Waals surface area contributed by atoms with Gasteiger partial charge in [-0.15, -0.1) is 0 Å². The van der Waals surface area contributed by atoms with Gasteiger partial charge in [-0.05, 0) is 51.4 Å². The van der Waals surface area contributed by atoms with Gasteiger partial charge in [0.25, 0.3) is 0 Å². The van der Waals surface area contributed by atoms with Gasteiger partial charge >= 0.3 is 0 Å². The molecule has 0 amide bonds. The highest BCUT2D eigenvalue weighted by molar-refractivity contribution is 6.30. The highest BCUT2D eigenvalue weighted by Gasteiger charge is 2.29. The summed E-state index contributed by atoms with van der Waals surface area (Å²) in [6, 6.07) is 8.31. The van der Waals surface area contributed by atoms with Crippen LogP contribution in [0.1, 0.15) is 33.3 Å². The smallest absolute Gasteiger partial charge is 0.0781 e. The van der Waals surface area contributed by atoms with Gasteiger partial charge in [0.1, 0.15) is 0 Å². The molecule has 1 N–H and O–H groups in total. The second kappa shape index (κ2) is 7.13. The largest absolute Gasteiger partial charge is 0.374 e. The minimum Gasteiger partial charge on any atom is -0.374 e. The molecule has 18 heavy (non-hydrogen) atoms. The molecule has 2 nitrogen and oxygen atoms in total. The Balaban J connectivity index is 2.79. The number of hydrogen-bond acceptors (Lipinski definition) is 2. The van der Waals surface area contributed by atoms with Gasteiger partial charge < -0.3 is 10.1 Å². The molecule has 0 bridgehead atoms. The fourth-order valence-corrected chi connectivity index (χ4v) is 2.40. The second-order valence-electron chi connectivity index (χ2n) is 4.98. The van der Waals surface area contributed by atoms with Crippen molar-refractivity contribution in [1.29, 1.82) is 0 Å². The molecule has 1 unspecified atom stereocenters. The summed E-state index contributed by atoms with van der Waals surface area (Å²) in [4.78, 5) is 0. The number of halogens is 1. The van der Waals surface area contributed by atoms with Crippen molar-refractivity contribution < 1.29 is 4.74 Å². The first-order valence-electron chi connectivity index (χ1n) is 6.61. The normalized spacial score (nSPS) is 13.6. The van der Waals surface area contributed by atoms with Gasteiger partial charge in [-0.2, -0.15) is 0 Å². The van der Waals surface area contributed by atoms with Crippen LogP contribution in [0.25, 0.3) is 0 Å². The highest BCUT2D eigenvalue weighted by Crippen LogP contribution is 2.20. The second-order valence-corrected chi connectivity index (χ2v) is 5.42. The minimum atomic E-state index is -0.187. The molecular formula is C15H24ClNO. The van der Waals surface area contributed by atoms with Gasteiger partial charge in [-0.25, -0.2) is 0 Å². The Kier molecular flexibility index (Phi) is 6.13. The van der Waals surface area contributed by atoms with E-state index in [2.05, 4.69) is 32.2 Å². The van der Waals surface area contributed by atoms with Crippen molar-refractivity contribution in [1.82, 2.24) is 5.32 Å². The number of likely N-dealkylation sites (N-methyl/N-ethyl adjacent to an activating group) is 1. The maximum Gasteiger partial charge on any atom is 0.0781 e. The van der Waals surface area contributed by atoms with Crippen LogP contribution in [0.3, 0.4) is 0 Å². The average Bonchev–Trinajstić information content (AvgIpc) is 2.28. The van der Waals surface area contributed by atoms with E-state index in [-0.39, 0.29) is 11.6 Å². The van der Waals surface area contributed by atoms with Crippen LogP contribution in [0.5, 0.6) is 0 Å². The zero-order valence-electron chi connectivity index (χ0n) is 11.8. The molecule has 0 aliphatic rings. The Morgan fingerprint density at radius 2 is 2.06 bits per heavy atom. The number of benzene rings is 1. The van der Waals surface area contributed by atoms with E-state index in [1.54, 1.807) is 0 Å². The lowest BCUT2D eigenvalue weighted by atomic mass is 9.92. The molecule has 0 heterocycles. The van der Waals surface area contributed by atoms with E-state index >= 15 is 0 Å². The number of ether oxygens (including phenoxy) is 1. The first-order valence-corrected chi connectivity index (χ1v) is 6.99. The molecule has 0 fully saturated rings. The highest BCUT2D eigenvalue weighted by atomic mass is 35.5. The van der Waals surface area contributed by atoms with E-state index in [0.717, 1.165) is 24.6 Å². The van der Waals surface area contributed by atoms with E-state index in [1.165, 1.54) is 5.56 Å². The van der Waals surface area contributed by atoms with Crippen molar-refractivity contribution in [3.8, 4) is 0 Å². The number of rotatable bonds is 7. The van der Waals surface area contributed by atoms with Crippen LogP contribution in [0.15, 0.2) is 24.3 Å². The summed E-state index contributed by atoms with van der Waals surface area (Å²) < 4.78 is 5.85. The van der Waals surface area contributed by atoms with Crippen molar-refractivity contribution in [2.45, 2.75) is 45.8 Å². The van der Waals surface area contributed by atoms with Crippen molar-refractivity contribution in [2.75, 3.05) is 13.2 Å². The fraction of sp³-hybridized carbons (Fsp3) is 0.600. The Hall–Kier alpha value is -0.570. The first kappa shape index (κ1) is 15.5. The fourth-order valence-electron chi connectivity index (χ4n) is 2.18. The summed E-state index contributed by atoms with van der Waals surface area (Å²) in [6.45, 7) is 10.1. The van der Waals surface area contributed by atoms with Gasteiger partial charge in [0.05, 0.1) is 5.60 Å². The molecule has 1 atom stereocenters. The summed E-state index contributed by atoms with van der Waals surface area (Å²) in [7, 11) is 0. The molecule has 0 aliphatic heterocycles. The third-order valence-electron chi connectivity index (χ3n) is 3.13. The Morgan fingerprint density at radius 3 is 2.61 bits per heavy atom. The van der Waals surface area contributed by atoms with E-state index in [9.17, 15) is 0 Å². The van der Waals surface area contributed by atoms with Crippen LogP contribution in [0, 0.1) is 0 Å². The monoisotopic (exact) mass is 269 g/mol. The van der Waals surface area contributed by atoms with Crippen LogP contribution >= 0.6 is 11.6 Å². The van der Waals surface area contributed by atoms with Crippen molar-refractivity contribution >= 4 is 11.6 Å². The predicted molar refractivity (Wildman–Crippen MR) is 78.3 cm³/mol. The van der Waals surface area contributed by atoms with Gasteiger partial charge in [0.2, 0.25) is 0 Å². The maximum atomic E-state index is 6.03. The molecule has 0 aromatic heterocycles. The third-order valence-corrected chi connectivity index (χ3v) is 3.37. The number of nitrogens with one attached hydrogen (secondary N) is 1. The molecule has 0 radical (unpaired) electrons. The predicted octanol–water partition coefficient (Wildman–Crippen LogP) is 3.68. The van der Waals surface area contributed by atoms with E-state index in [1.807, 2.05) is 25.1 Å². The van der Waals surface area contributed by atoms with Crippen LogP contribution in [0.2, 0.25) is 5.02 Å². The van der Waals surface area contributed by atoms with Crippen molar-refractivity contribution in [3.63, 3.8) is 0 Å². The molecule has 0 aliphatic carbocycles. The van der Waals surface area contributed by atoms with E-state index < -0.39 is 0 Å². The summed E-state index contributed by atoms with van der Waals surface area (Å²) in [5.74, 6) is 0. The summed E-state index contributed by atoms with van der Waals surface area (Å²) >= 11 is 6.03. The van der Waals surface area contributed by atoms with Crippen LogP contribution < -0.4 is 5.32 Å². The maximum absolute atomic E-state index is 6.03. The van der Waals surface area contributed by atoms with Crippen LogP contribution in [-0.4, -0.2) is 24.8 Å². The first-order chi connectivity index (χ1) is 8.49. The van der Waals surface area contributed by atoms with Gasteiger partial charge in [-0.3, -0.25) is 0 Å². The average molecular weight is 270 g/mol. The molecule has 3 heteroatoms. The molecule has 102 valence electrons.